The summed E-state index contributed by atoms with van der Waals surface area (Å²) in [5.41, 5.74) is 2.62. The maximum Gasteiger partial charge on any atom is 0.242 e. The van der Waals surface area contributed by atoms with Crippen LogP contribution in [0, 0.1) is 0 Å². The molecule has 1 aliphatic rings. The lowest BCUT2D eigenvalue weighted by atomic mass is 10.0. The molecule has 1 amide bonds. The minimum absolute atomic E-state index is 0.0342. The molecule has 0 saturated carbocycles. The van der Waals surface area contributed by atoms with Gasteiger partial charge in [-0.3, -0.25) is 14.5 Å². The van der Waals surface area contributed by atoms with Crippen molar-refractivity contribution < 1.29 is 9.59 Å². The van der Waals surface area contributed by atoms with E-state index >= 15 is 0 Å². The number of nitrogens with one attached hydrogen (secondary N) is 1. The van der Waals surface area contributed by atoms with Crippen molar-refractivity contribution in [3.8, 4) is 0 Å². The first-order valence-electron chi connectivity index (χ1n) is 9.01. The number of hydrogen-bond donors (Lipinski definition) is 1. The van der Waals surface area contributed by atoms with Crippen LogP contribution in [0.3, 0.4) is 0 Å². The van der Waals surface area contributed by atoms with Crippen molar-refractivity contribution in [3.63, 3.8) is 0 Å². The Bertz CT molecular complexity index is 776. The second-order valence-corrected chi connectivity index (χ2v) is 6.56. The highest BCUT2D eigenvalue weighted by Gasteiger charge is 2.32. The fraction of sp³-hybridized carbons (Fsp3) is 0.333. The molecule has 2 aromatic carbocycles. The second kappa shape index (κ2) is 8.15. The van der Waals surface area contributed by atoms with Crippen molar-refractivity contribution >= 4 is 17.4 Å². The van der Waals surface area contributed by atoms with Gasteiger partial charge in [-0.05, 0) is 24.6 Å². The van der Waals surface area contributed by atoms with Gasteiger partial charge in [0.2, 0.25) is 5.91 Å². The Morgan fingerprint density at radius 2 is 1.96 bits per heavy atom. The summed E-state index contributed by atoms with van der Waals surface area (Å²) in [6, 6.07) is 16.9. The number of amides is 1. The van der Waals surface area contributed by atoms with Crippen LogP contribution in [0.2, 0.25) is 0 Å². The Morgan fingerprint density at radius 3 is 2.69 bits per heavy atom. The number of carbonyl (C=O) groups excluding carboxylic acids is 2. The standard InChI is InChI=1S/C21H25N3O2/c1-3-23(2)18-11-7-10-17(14-18)19(25)15-24-13-12-22-21(26)20(24)16-8-5-4-6-9-16/h4-11,14,20H,3,12-13,15H2,1-2H3,(H,22,26). The number of piperazine rings is 1. The number of rotatable bonds is 6. The predicted octanol–water partition coefficient (Wildman–Crippen LogP) is 2.50. The normalized spacial score (nSPS) is 17.6. The number of hydrogen-bond acceptors (Lipinski definition) is 4. The smallest absolute Gasteiger partial charge is 0.242 e. The van der Waals surface area contributed by atoms with E-state index in [2.05, 4.69) is 17.1 Å². The van der Waals surface area contributed by atoms with Gasteiger partial charge in [0, 0.05) is 37.9 Å². The largest absolute Gasteiger partial charge is 0.375 e. The van der Waals surface area contributed by atoms with Crippen LogP contribution in [0.4, 0.5) is 5.69 Å². The Balaban J connectivity index is 1.80. The lowest BCUT2D eigenvalue weighted by molar-refractivity contribution is -0.128. The number of Topliss-reactive ketones (excluding diaryl/α,β-unsaturated/α-hetero) is 1. The molecule has 1 unspecified atom stereocenters. The van der Waals surface area contributed by atoms with E-state index in [1.165, 1.54) is 0 Å². The molecule has 0 bridgehead atoms. The van der Waals surface area contributed by atoms with Crippen LogP contribution < -0.4 is 10.2 Å². The quantitative estimate of drug-likeness (QED) is 0.813. The molecule has 26 heavy (non-hydrogen) atoms. The Hall–Kier alpha value is -2.66. The van der Waals surface area contributed by atoms with E-state index in [9.17, 15) is 9.59 Å². The number of ketones is 1. The van der Waals surface area contributed by atoms with Gasteiger partial charge in [-0.2, -0.15) is 0 Å². The summed E-state index contributed by atoms with van der Waals surface area (Å²) in [6.45, 7) is 4.40. The topological polar surface area (TPSA) is 52.7 Å². The number of nitrogens with zero attached hydrogens (tertiary/aromatic N) is 2. The van der Waals surface area contributed by atoms with E-state index in [1.54, 1.807) is 0 Å². The summed E-state index contributed by atoms with van der Waals surface area (Å²) >= 11 is 0. The molecular weight excluding hydrogens is 326 g/mol. The van der Waals surface area contributed by atoms with Crippen molar-refractivity contribution in [1.82, 2.24) is 10.2 Å². The molecule has 5 heteroatoms. The zero-order valence-corrected chi connectivity index (χ0v) is 15.3. The number of anilines is 1. The SMILES string of the molecule is CCN(C)c1cccc(C(=O)CN2CCNC(=O)C2c2ccccc2)c1. The van der Waals surface area contributed by atoms with Gasteiger partial charge in [-0.15, -0.1) is 0 Å². The lowest BCUT2D eigenvalue weighted by Crippen LogP contribution is -2.51. The van der Waals surface area contributed by atoms with Crippen molar-refractivity contribution in [2.45, 2.75) is 13.0 Å². The van der Waals surface area contributed by atoms with Gasteiger partial charge in [-0.25, -0.2) is 0 Å². The average molecular weight is 351 g/mol. The summed E-state index contributed by atoms with van der Waals surface area (Å²) in [5, 5.41) is 2.91. The fourth-order valence-electron chi connectivity index (χ4n) is 3.26. The highest BCUT2D eigenvalue weighted by Crippen LogP contribution is 2.24. The first kappa shape index (κ1) is 18.1. The van der Waals surface area contributed by atoms with E-state index < -0.39 is 6.04 Å². The van der Waals surface area contributed by atoms with Crippen LogP contribution in [-0.4, -0.2) is 49.8 Å². The predicted molar refractivity (Wildman–Crippen MR) is 103 cm³/mol. The van der Waals surface area contributed by atoms with Crippen LogP contribution in [0.15, 0.2) is 54.6 Å². The summed E-state index contributed by atoms with van der Waals surface area (Å²) in [6.07, 6.45) is 0. The van der Waals surface area contributed by atoms with Crippen LogP contribution in [0.1, 0.15) is 28.9 Å². The maximum atomic E-state index is 12.9. The summed E-state index contributed by atoms with van der Waals surface area (Å²) in [5.74, 6) is -0.0123. The van der Waals surface area contributed by atoms with E-state index in [-0.39, 0.29) is 18.2 Å². The van der Waals surface area contributed by atoms with E-state index in [4.69, 9.17) is 0 Å². The Labute approximate surface area is 154 Å². The van der Waals surface area contributed by atoms with Crippen molar-refractivity contribution in [2.75, 3.05) is 38.1 Å². The van der Waals surface area contributed by atoms with E-state index in [0.29, 0.717) is 18.7 Å². The van der Waals surface area contributed by atoms with Crippen LogP contribution in [0.5, 0.6) is 0 Å². The van der Waals surface area contributed by atoms with Gasteiger partial charge < -0.3 is 10.2 Å². The molecule has 1 saturated heterocycles. The van der Waals surface area contributed by atoms with Gasteiger partial charge in [0.05, 0.1) is 6.54 Å². The molecule has 0 aliphatic carbocycles. The van der Waals surface area contributed by atoms with Gasteiger partial charge in [-0.1, -0.05) is 42.5 Å². The first-order valence-corrected chi connectivity index (χ1v) is 9.01. The number of benzene rings is 2. The minimum atomic E-state index is -0.421. The highest BCUT2D eigenvalue weighted by molar-refractivity contribution is 5.99. The Kier molecular flexibility index (Phi) is 5.68. The Morgan fingerprint density at radius 1 is 1.19 bits per heavy atom. The van der Waals surface area contributed by atoms with E-state index in [0.717, 1.165) is 17.8 Å². The summed E-state index contributed by atoms with van der Waals surface area (Å²) in [7, 11) is 2.00. The van der Waals surface area contributed by atoms with Gasteiger partial charge in [0.1, 0.15) is 6.04 Å². The maximum absolute atomic E-state index is 12.9. The monoisotopic (exact) mass is 351 g/mol. The molecule has 0 aromatic heterocycles. The molecule has 1 heterocycles. The molecule has 1 aliphatic heterocycles. The van der Waals surface area contributed by atoms with Gasteiger partial charge >= 0.3 is 0 Å². The summed E-state index contributed by atoms with van der Waals surface area (Å²) < 4.78 is 0. The highest BCUT2D eigenvalue weighted by atomic mass is 16.2. The fourth-order valence-corrected chi connectivity index (χ4v) is 3.26. The minimum Gasteiger partial charge on any atom is -0.375 e. The molecule has 0 spiro atoms. The van der Waals surface area contributed by atoms with Crippen molar-refractivity contribution in [1.29, 1.82) is 0 Å². The van der Waals surface area contributed by atoms with Crippen LogP contribution >= 0.6 is 0 Å². The molecule has 0 radical (unpaired) electrons. The third-order valence-corrected chi connectivity index (χ3v) is 4.86. The molecule has 2 aromatic rings. The van der Waals surface area contributed by atoms with E-state index in [1.807, 2.05) is 66.5 Å². The van der Waals surface area contributed by atoms with Crippen molar-refractivity contribution in [3.05, 3.63) is 65.7 Å². The van der Waals surface area contributed by atoms with Crippen LogP contribution in [0.25, 0.3) is 0 Å². The third-order valence-electron chi connectivity index (χ3n) is 4.86. The second-order valence-electron chi connectivity index (χ2n) is 6.56. The molecule has 1 fully saturated rings. The first-order chi connectivity index (χ1) is 12.6. The van der Waals surface area contributed by atoms with Crippen LogP contribution in [-0.2, 0) is 4.79 Å². The third kappa shape index (κ3) is 3.94. The molecule has 136 valence electrons. The zero-order valence-electron chi connectivity index (χ0n) is 15.3. The molecular formula is C21H25N3O2. The number of carbonyl (C=O) groups is 2. The van der Waals surface area contributed by atoms with Gasteiger partial charge in [0.25, 0.3) is 0 Å². The molecule has 3 rings (SSSR count). The molecule has 1 N–H and O–H groups in total. The molecule has 1 atom stereocenters. The zero-order chi connectivity index (χ0) is 18.5. The average Bonchev–Trinajstić information content (AvgIpc) is 2.68. The summed E-state index contributed by atoms with van der Waals surface area (Å²) in [4.78, 5) is 29.4. The lowest BCUT2D eigenvalue weighted by Gasteiger charge is -2.34. The van der Waals surface area contributed by atoms with Gasteiger partial charge in [0.15, 0.2) is 5.78 Å². The molecule has 5 nitrogen and oxygen atoms in total. The van der Waals surface area contributed by atoms with Crippen molar-refractivity contribution in [2.24, 2.45) is 0 Å².